The summed E-state index contributed by atoms with van der Waals surface area (Å²) in [5.41, 5.74) is 13.9. The van der Waals surface area contributed by atoms with Crippen molar-refractivity contribution < 1.29 is 9.50 Å². The van der Waals surface area contributed by atoms with Crippen molar-refractivity contribution in [3.8, 4) is 0 Å². The van der Waals surface area contributed by atoms with Crippen molar-refractivity contribution in [2.75, 3.05) is 11.1 Å². The number of hydrogen-bond acceptors (Lipinski definition) is 7. The molecule has 1 atom stereocenters. The van der Waals surface area contributed by atoms with E-state index in [1.54, 1.807) is 23.0 Å². The molecule has 0 aliphatic heterocycles. The SMILES string of the molecule is CCCC(N)Nc1nc(N)nc2cnn(Cc3ccc(CO)cc3F)c12. The number of benzene rings is 1. The van der Waals surface area contributed by atoms with Crippen LogP contribution in [0.1, 0.15) is 30.9 Å². The minimum Gasteiger partial charge on any atom is -0.392 e. The predicted molar refractivity (Wildman–Crippen MR) is 97.7 cm³/mol. The van der Waals surface area contributed by atoms with Gasteiger partial charge in [0, 0.05) is 5.56 Å². The summed E-state index contributed by atoms with van der Waals surface area (Å²) in [6, 6.07) is 4.61. The van der Waals surface area contributed by atoms with Crippen LogP contribution in [-0.4, -0.2) is 31.0 Å². The van der Waals surface area contributed by atoms with Gasteiger partial charge in [-0.3, -0.25) is 4.68 Å². The lowest BCUT2D eigenvalue weighted by atomic mass is 10.1. The highest BCUT2D eigenvalue weighted by Crippen LogP contribution is 2.23. The first kappa shape index (κ1) is 18.0. The van der Waals surface area contributed by atoms with Gasteiger partial charge in [-0.15, -0.1) is 0 Å². The predicted octanol–water partition coefficient (Wildman–Crippen LogP) is 1.59. The zero-order valence-electron chi connectivity index (χ0n) is 14.5. The van der Waals surface area contributed by atoms with Gasteiger partial charge < -0.3 is 21.9 Å². The van der Waals surface area contributed by atoms with Crippen LogP contribution >= 0.6 is 0 Å². The molecule has 0 saturated heterocycles. The number of aromatic nitrogens is 4. The van der Waals surface area contributed by atoms with Gasteiger partial charge >= 0.3 is 0 Å². The largest absolute Gasteiger partial charge is 0.392 e. The molecule has 0 saturated carbocycles. The molecule has 8 nitrogen and oxygen atoms in total. The first-order valence-electron chi connectivity index (χ1n) is 8.41. The smallest absolute Gasteiger partial charge is 0.222 e. The number of aliphatic hydroxyl groups is 1. The van der Waals surface area contributed by atoms with Crippen molar-refractivity contribution in [1.82, 2.24) is 19.7 Å². The van der Waals surface area contributed by atoms with Crippen LogP contribution in [0.2, 0.25) is 0 Å². The molecule has 6 N–H and O–H groups in total. The van der Waals surface area contributed by atoms with E-state index in [0.717, 1.165) is 12.8 Å². The average Bonchev–Trinajstić information content (AvgIpc) is 2.99. The van der Waals surface area contributed by atoms with Gasteiger partial charge in [0.15, 0.2) is 5.82 Å². The molecular weight excluding hydrogens is 337 g/mol. The molecule has 3 rings (SSSR count). The lowest BCUT2D eigenvalue weighted by Crippen LogP contribution is -2.30. The minimum absolute atomic E-state index is 0.113. The summed E-state index contributed by atoms with van der Waals surface area (Å²) in [6.07, 6.45) is 2.95. The zero-order chi connectivity index (χ0) is 18.7. The summed E-state index contributed by atoms with van der Waals surface area (Å²) in [6.45, 7) is 2.01. The number of nitrogen functional groups attached to an aromatic ring is 1. The van der Waals surface area contributed by atoms with E-state index in [1.165, 1.54) is 6.07 Å². The number of aliphatic hydroxyl groups excluding tert-OH is 1. The molecule has 0 amide bonds. The quantitative estimate of drug-likeness (QED) is 0.472. The monoisotopic (exact) mass is 359 g/mol. The molecule has 2 aromatic heterocycles. The fourth-order valence-corrected chi connectivity index (χ4v) is 2.77. The number of hydrogen-bond donors (Lipinski definition) is 4. The van der Waals surface area contributed by atoms with Gasteiger partial charge in [-0.25, -0.2) is 9.37 Å². The number of anilines is 2. The van der Waals surface area contributed by atoms with Crippen molar-refractivity contribution in [1.29, 1.82) is 0 Å². The van der Waals surface area contributed by atoms with Gasteiger partial charge in [-0.1, -0.05) is 25.5 Å². The normalized spacial score (nSPS) is 12.5. The van der Waals surface area contributed by atoms with E-state index in [1.807, 2.05) is 6.92 Å². The Morgan fingerprint density at radius 2 is 2.15 bits per heavy atom. The molecule has 0 fully saturated rings. The molecule has 9 heteroatoms. The number of halogens is 1. The lowest BCUT2D eigenvalue weighted by Gasteiger charge is -2.15. The van der Waals surface area contributed by atoms with E-state index in [0.29, 0.717) is 28.0 Å². The third-order valence-electron chi connectivity index (χ3n) is 4.05. The van der Waals surface area contributed by atoms with Gasteiger partial charge in [0.05, 0.1) is 25.5 Å². The molecule has 0 radical (unpaired) electrons. The summed E-state index contributed by atoms with van der Waals surface area (Å²) < 4.78 is 15.9. The lowest BCUT2D eigenvalue weighted by molar-refractivity contribution is 0.281. The topological polar surface area (TPSA) is 128 Å². The summed E-state index contributed by atoms with van der Waals surface area (Å²) >= 11 is 0. The van der Waals surface area contributed by atoms with Gasteiger partial charge in [-0.05, 0) is 18.1 Å². The second kappa shape index (κ2) is 7.63. The van der Waals surface area contributed by atoms with E-state index in [4.69, 9.17) is 16.6 Å². The van der Waals surface area contributed by atoms with Crippen molar-refractivity contribution in [3.63, 3.8) is 0 Å². The molecule has 26 heavy (non-hydrogen) atoms. The van der Waals surface area contributed by atoms with Crippen LogP contribution in [0.25, 0.3) is 11.0 Å². The molecule has 0 bridgehead atoms. The second-order valence-electron chi connectivity index (χ2n) is 6.09. The highest BCUT2D eigenvalue weighted by molar-refractivity contribution is 5.86. The fraction of sp³-hybridized carbons (Fsp3) is 0.353. The van der Waals surface area contributed by atoms with Crippen LogP contribution in [0.15, 0.2) is 24.4 Å². The highest BCUT2D eigenvalue weighted by Gasteiger charge is 2.16. The van der Waals surface area contributed by atoms with Gasteiger partial charge in [0.1, 0.15) is 16.9 Å². The minimum atomic E-state index is -0.409. The number of nitrogens with zero attached hydrogens (tertiary/aromatic N) is 4. The van der Waals surface area contributed by atoms with E-state index >= 15 is 0 Å². The Morgan fingerprint density at radius 3 is 2.85 bits per heavy atom. The molecule has 0 spiro atoms. The van der Waals surface area contributed by atoms with Crippen LogP contribution in [0.4, 0.5) is 16.2 Å². The van der Waals surface area contributed by atoms with Crippen molar-refractivity contribution in [2.45, 2.75) is 39.1 Å². The average molecular weight is 359 g/mol. The first-order chi connectivity index (χ1) is 12.5. The Kier molecular flexibility index (Phi) is 5.29. The van der Waals surface area contributed by atoms with Crippen LogP contribution < -0.4 is 16.8 Å². The Labute approximate surface area is 150 Å². The maximum Gasteiger partial charge on any atom is 0.222 e. The molecule has 0 aliphatic rings. The molecule has 138 valence electrons. The van der Waals surface area contributed by atoms with E-state index < -0.39 is 5.82 Å². The van der Waals surface area contributed by atoms with Crippen LogP contribution in [0.5, 0.6) is 0 Å². The number of nitrogens with one attached hydrogen (secondary N) is 1. The van der Waals surface area contributed by atoms with Crippen LogP contribution in [-0.2, 0) is 13.2 Å². The molecule has 2 heterocycles. The molecular formula is C17H22FN7O. The Morgan fingerprint density at radius 1 is 1.35 bits per heavy atom. The maximum absolute atomic E-state index is 14.3. The van der Waals surface area contributed by atoms with Crippen molar-refractivity contribution >= 4 is 22.8 Å². The highest BCUT2D eigenvalue weighted by atomic mass is 19.1. The molecule has 0 aliphatic carbocycles. The molecule has 1 aromatic carbocycles. The van der Waals surface area contributed by atoms with E-state index in [-0.39, 0.29) is 25.3 Å². The number of nitrogens with two attached hydrogens (primary N) is 2. The standard InChI is InChI=1S/C17H22FN7O/c1-2-3-14(19)23-16-15-13(22-17(20)24-16)7-21-25(15)8-11-5-4-10(9-26)6-12(11)18/h4-7,14,26H,2-3,8-9,19H2,1H3,(H3,20,22,23,24). The first-order valence-corrected chi connectivity index (χ1v) is 8.41. The number of rotatable bonds is 7. The van der Waals surface area contributed by atoms with Crippen molar-refractivity contribution in [3.05, 3.63) is 41.3 Å². The molecule has 3 aromatic rings. The third-order valence-corrected chi connectivity index (χ3v) is 4.05. The Balaban J connectivity index is 1.98. The van der Waals surface area contributed by atoms with Crippen molar-refractivity contribution in [2.24, 2.45) is 5.73 Å². The van der Waals surface area contributed by atoms with Gasteiger partial charge in [0.25, 0.3) is 0 Å². The molecule has 1 unspecified atom stereocenters. The van der Waals surface area contributed by atoms with Gasteiger partial charge in [-0.2, -0.15) is 10.1 Å². The Bertz CT molecular complexity index is 912. The Hall–Kier alpha value is -2.78. The summed E-state index contributed by atoms with van der Waals surface area (Å²) in [4.78, 5) is 8.41. The second-order valence-corrected chi connectivity index (χ2v) is 6.09. The van der Waals surface area contributed by atoms with Crippen LogP contribution in [0.3, 0.4) is 0 Å². The third kappa shape index (κ3) is 3.73. The summed E-state index contributed by atoms with van der Waals surface area (Å²) in [7, 11) is 0. The maximum atomic E-state index is 14.3. The van der Waals surface area contributed by atoms with Crippen LogP contribution in [0, 0.1) is 5.82 Å². The fourth-order valence-electron chi connectivity index (χ4n) is 2.77. The number of fused-ring (bicyclic) bond motifs is 1. The van der Waals surface area contributed by atoms with E-state index in [9.17, 15) is 4.39 Å². The van der Waals surface area contributed by atoms with E-state index in [2.05, 4.69) is 20.4 Å². The zero-order valence-corrected chi connectivity index (χ0v) is 14.5. The summed E-state index contributed by atoms with van der Waals surface area (Å²) in [5.74, 6) is 0.175. The van der Waals surface area contributed by atoms with Gasteiger partial charge in [0.2, 0.25) is 5.95 Å². The summed E-state index contributed by atoms with van der Waals surface area (Å²) in [5, 5.41) is 16.5.